The molecule has 0 spiro atoms. The Bertz CT molecular complexity index is 1450. The summed E-state index contributed by atoms with van der Waals surface area (Å²) in [6.07, 6.45) is -3.73. The van der Waals surface area contributed by atoms with Gasteiger partial charge in [0.1, 0.15) is 5.82 Å². The number of hydrogen-bond donors (Lipinski definition) is 3. The van der Waals surface area contributed by atoms with Crippen LogP contribution in [0.5, 0.6) is 0 Å². The second-order valence-corrected chi connectivity index (χ2v) is 9.81. The molecule has 0 aliphatic carbocycles. The SMILES string of the molecule is N[C@H](CNc1nc(-c2ccccc2F)c(-c2ccc3c(c2)CC(=O)N3)s1)Cc1ccc(C(F)(F)F)cc1. The van der Waals surface area contributed by atoms with Gasteiger partial charge in [-0.05, 0) is 59.5 Å². The van der Waals surface area contributed by atoms with Crippen LogP contribution in [0.2, 0.25) is 0 Å². The van der Waals surface area contributed by atoms with Crippen LogP contribution >= 0.6 is 11.3 Å². The number of aromatic nitrogens is 1. The summed E-state index contributed by atoms with van der Waals surface area (Å²) < 4.78 is 53.1. The lowest BCUT2D eigenvalue weighted by Gasteiger charge is -2.13. The zero-order chi connectivity index (χ0) is 26.2. The first kappa shape index (κ1) is 24.9. The van der Waals surface area contributed by atoms with Crippen LogP contribution in [0.25, 0.3) is 21.7 Å². The Hall–Kier alpha value is -3.76. The number of benzene rings is 3. The van der Waals surface area contributed by atoms with Gasteiger partial charge in [0.05, 0.1) is 22.6 Å². The average Bonchev–Trinajstić information content (AvgIpc) is 3.45. The van der Waals surface area contributed by atoms with E-state index in [9.17, 15) is 22.4 Å². The predicted molar refractivity (Wildman–Crippen MR) is 137 cm³/mol. The van der Waals surface area contributed by atoms with Gasteiger partial charge in [0.2, 0.25) is 5.91 Å². The first-order valence-electron chi connectivity index (χ1n) is 11.5. The fourth-order valence-corrected chi connectivity index (χ4v) is 5.20. The third-order valence-corrected chi connectivity index (χ3v) is 7.11. The summed E-state index contributed by atoms with van der Waals surface area (Å²) in [6, 6.07) is 16.5. The van der Waals surface area contributed by atoms with Crippen molar-refractivity contribution in [1.82, 2.24) is 4.98 Å². The standard InChI is InChI=1S/C27H22F4N4OS/c28-21-4-2-1-3-20(21)24-25(16-7-10-22-17(12-16)13-23(36)34-22)37-26(35-24)33-14-19(32)11-15-5-8-18(9-6-15)27(29,30)31/h1-10,12,19H,11,13-14,32H2,(H,33,35)(H,34,36)/t19-/m0/s1. The van der Waals surface area contributed by atoms with Crippen molar-refractivity contribution in [3.8, 4) is 21.7 Å². The molecule has 0 unspecified atom stereocenters. The molecule has 1 aromatic heterocycles. The monoisotopic (exact) mass is 526 g/mol. The summed E-state index contributed by atoms with van der Waals surface area (Å²) in [4.78, 5) is 17.2. The number of carbonyl (C=O) groups excluding carboxylic acids is 1. The summed E-state index contributed by atoms with van der Waals surface area (Å²) in [7, 11) is 0. The van der Waals surface area contributed by atoms with Crippen LogP contribution < -0.4 is 16.4 Å². The zero-order valence-electron chi connectivity index (χ0n) is 19.4. The Labute approximate surface area is 214 Å². The number of halogens is 4. The maximum atomic E-state index is 14.7. The molecule has 4 aromatic rings. The number of amides is 1. The van der Waals surface area contributed by atoms with Gasteiger partial charge >= 0.3 is 6.18 Å². The highest BCUT2D eigenvalue weighted by Gasteiger charge is 2.30. The minimum absolute atomic E-state index is 0.0739. The molecule has 1 atom stereocenters. The van der Waals surface area contributed by atoms with E-state index < -0.39 is 23.6 Å². The number of anilines is 2. The van der Waals surface area contributed by atoms with Gasteiger partial charge in [0.15, 0.2) is 5.13 Å². The first-order valence-corrected chi connectivity index (χ1v) is 12.3. The number of hydrogen-bond acceptors (Lipinski definition) is 5. The molecule has 1 aliphatic heterocycles. The maximum Gasteiger partial charge on any atom is 0.416 e. The van der Waals surface area contributed by atoms with Gasteiger partial charge in [-0.25, -0.2) is 9.37 Å². The lowest BCUT2D eigenvalue weighted by molar-refractivity contribution is -0.137. The Kier molecular flexibility index (Phi) is 6.70. The summed E-state index contributed by atoms with van der Waals surface area (Å²) >= 11 is 1.34. The minimum Gasteiger partial charge on any atom is -0.360 e. The number of nitrogens with two attached hydrogens (primary N) is 1. The smallest absolute Gasteiger partial charge is 0.360 e. The number of alkyl halides is 3. The van der Waals surface area contributed by atoms with E-state index in [0.29, 0.717) is 34.9 Å². The molecule has 190 valence electrons. The summed E-state index contributed by atoms with van der Waals surface area (Å²) in [5, 5.41) is 6.53. The van der Waals surface area contributed by atoms with Crippen LogP contribution in [-0.4, -0.2) is 23.5 Å². The quantitative estimate of drug-likeness (QED) is 0.254. The van der Waals surface area contributed by atoms with E-state index in [0.717, 1.165) is 33.8 Å². The van der Waals surface area contributed by atoms with Crippen molar-refractivity contribution in [3.63, 3.8) is 0 Å². The molecule has 2 heterocycles. The summed E-state index contributed by atoms with van der Waals surface area (Å²) in [6.45, 7) is 0.313. The first-order chi connectivity index (χ1) is 17.7. The molecule has 4 N–H and O–H groups in total. The molecule has 5 rings (SSSR count). The molecule has 1 aliphatic rings. The molecule has 0 saturated carbocycles. The predicted octanol–water partition coefficient (Wildman–Crippen LogP) is 6.11. The van der Waals surface area contributed by atoms with Crippen LogP contribution in [-0.2, 0) is 23.8 Å². The van der Waals surface area contributed by atoms with Crippen molar-refractivity contribution in [2.45, 2.75) is 25.1 Å². The van der Waals surface area contributed by atoms with Gasteiger partial charge in [0.25, 0.3) is 0 Å². The molecule has 0 bridgehead atoms. The van der Waals surface area contributed by atoms with E-state index in [2.05, 4.69) is 15.6 Å². The van der Waals surface area contributed by atoms with Gasteiger partial charge in [-0.15, -0.1) is 0 Å². The summed E-state index contributed by atoms with van der Waals surface area (Å²) in [5.41, 5.74) is 9.49. The topological polar surface area (TPSA) is 80.0 Å². The molecular weight excluding hydrogens is 504 g/mol. The molecule has 3 aromatic carbocycles. The van der Waals surface area contributed by atoms with Gasteiger partial charge in [-0.1, -0.05) is 41.7 Å². The van der Waals surface area contributed by atoms with Gasteiger partial charge in [0, 0.05) is 23.8 Å². The fraction of sp³-hybridized carbons (Fsp3) is 0.185. The van der Waals surface area contributed by atoms with Gasteiger partial charge in [-0.2, -0.15) is 13.2 Å². The van der Waals surface area contributed by atoms with Crippen molar-refractivity contribution in [3.05, 3.63) is 89.2 Å². The normalized spacial score (nSPS) is 13.8. The molecule has 0 saturated heterocycles. The Morgan fingerprint density at radius 2 is 1.84 bits per heavy atom. The van der Waals surface area contributed by atoms with E-state index in [1.807, 2.05) is 18.2 Å². The van der Waals surface area contributed by atoms with E-state index in [1.165, 1.54) is 29.5 Å². The molecular formula is C27H22F4N4OS. The van der Waals surface area contributed by atoms with Crippen LogP contribution in [0.15, 0.2) is 66.7 Å². The Morgan fingerprint density at radius 3 is 2.57 bits per heavy atom. The molecule has 0 fully saturated rings. The third kappa shape index (κ3) is 5.50. The van der Waals surface area contributed by atoms with Crippen LogP contribution in [0.3, 0.4) is 0 Å². The largest absolute Gasteiger partial charge is 0.416 e. The second-order valence-electron chi connectivity index (χ2n) is 8.81. The molecule has 10 heteroatoms. The average molecular weight is 527 g/mol. The van der Waals surface area contributed by atoms with Crippen molar-refractivity contribution < 1.29 is 22.4 Å². The highest BCUT2D eigenvalue weighted by molar-refractivity contribution is 7.19. The van der Waals surface area contributed by atoms with Gasteiger partial charge < -0.3 is 16.4 Å². The third-order valence-electron chi connectivity index (χ3n) is 6.04. The molecule has 37 heavy (non-hydrogen) atoms. The molecule has 5 nitrogen and oxygen atoms in total. The van der Waals surface area contributed by atoms with E-state index in [1.54, 1.807) is 18.2 Å². The summed E-state index contributed by atoms with van der Waals surface area (Å²) in [5.74, 6) is -0.479. The Morgan fingerprint density at radius 1 is 1.08 bits per heavy atom. The number of rotatable bonds is 7. The van der Waals surface area contributed by atoms with Crippen LogP contribution in [0, 0.1) is 5.82 Å². The number of nitrogens with one attached hydrogen (secondary N) is 2. The van der Waals surface area contributed by atoms with Crippen LogP contribution in [0.1, 0.15) is 16.7 Å². The highest BCUT2D eigenvalue weighted by atomic mass is 32.1. The van der Waals surface area contributed by atoms with Crippen molar-refractivity contribution in [2.24, 2.45) is 5.73 Å². The zero-order valence-corrected chi connectivity index (χ0v) is 20.2. The number of carbonyl (C=O) groups is 1. The fourth-order valence-electron chi connectivity index (χ4n) is 4.22. The van der Waals surface area contributed by atoms with Crippen molar-refractivity contribution in [2.75, 3.05) is 17.2 Å². The number of thiazole rings is 1. The maximum absolute atomic E-state index is 14.7. The van der Waals surface area contributed by atoms with Crippen molar-refractivity contribution >= 4 is 28.1 Å². The second kappa shape index (κ2) is 9.95. The molecule has 0 radical (unpaired) electrons. The molecule has 1 amide bonds. The minimum atomic E-state index is -4.38. The lowest BCUT2D eigenvalue weighted by Crippen LogP contribution is -2.31. The van der Waals surface area contributed by atoms with Crippen molar-refractivity contribution in [1.29, 1.82) is 0 Å². The van der Waals surface area contributed by atoms with E-state index in [-0.39, 0.29) is 12.3 Å². The highest BCUT2D eigenvalue weighted by Crippen LogP contribution is 2.41. The number of nitrogens with zero attached hydrogens (tertiary/aromatic N) is 1. The van der Waals surface area contributed by atoms with Crippen LogP contribution in [0.4, 0.5) is 28.4 Å². The lowest BCUT2D eigenvalue weighted by atomic mass is 10.0. The van der Waals surface area contributed by atoms with Gasteiger partial charge in [-0.3, -0.25) is 4.79 Å². The number of fused-ring (bicyclic) bond motifs is 1. The van der Waals surface area contributed by atoms with E-state index in [4.69, 9.17) is 5.73 Å². The van der Waals surface area contributed by atoms with E-state index >= 15 is 0 Å². The Balaban J connectivity index is 1.36.